The average molecular weight is 469 g/mol. The number of aliphatic carboxylic acids is 1. The highest BCUT2D eigenvalue weighted by atomic mass is 19.4. The van der Waals surface area contributed by atoms with E-state index < -0.39 is 17.7 Å². The van der Waals surface area contributed by atoms with Gasteiger partial charge in [-0.25, -0.2) is 9.59 Å². The van der Waals surface area contributed by atoms with Crippen LogP contribution >= 0.6 is 0 Å². The fourth-order valence-electron chi connectivity index (χ4n) is 2.94. The molecule has 0 aromatic rings. The van der Waals surface area contributed by atoms with Crippen molar-refractivity contribution in [2.24, 2.45) is 5.73 Å². The molecule has 2 atom stereocenters. The minimum atomic E-state index is -5.08. The molecule has 9 heteroatoms. The first kappa shape index (κ1) is 34.6. The smallest absolute Gasteiger partial charge is 0.475 e. The molecule has 2 fully saturated rings. The molecule has 0 bridgehead atoms. The Kier molecular flexibility index (Phi) is 17.0. The number of carbonyl (C=O) groups is 2. The summed E-state index contributed by atoms with van der Waals surface area (Å²) >= 11 is 0. The zero-order valence-corrected chi connectivity index (χ0v) is 18.1. The molecule has 2 saturated carbocycles. The van der Waals surface area contributed by atoms with Crippen LogP contribution in [0, 0.1) is 0 Å². The number of carboxylic acids is 1. The van der Waals surface area contributed by atoms with Crippen molar-refractivity contribution in [1.82, 2.24) is 5.32 Å². The fraction of sp³-hybridized carbons (Fsp3) is 0.739. The van der Waals surface area contributed by atoms with Crippen LogP contribution in [0.15, 0.2) is 24.3 Å². The Morgan fingerprint density at radius 1 is 1.03 bits per heavy atom. The van der Waals surface area contributed by atoms with E-state index in [1.165, 1.54) is 30.4 Å². The predicted octanol–water partition coefficient (Wildman–Crippen LogP) is 6.36. The van der Waals surface area contributed by atoms with Crippen LogP contribution in [-0.4, -0.2) is 41.0 Å². The van der Waals surface area contributed by atoms with Crippen LogP contribution in [0.3, 0.4) is 0 Å². The zero-order valence-electron chi connectivity index (χ0n) is 18.1. The predicted molar refractivity (Wildman–Crippen MR) is 124 cm³/mol. The molecule has 6 nitrogen and oxygen atoms in total. The van der Waals surface area contributed by atoms with Crippen molar-refractivity contribution in [3.05, 3.63) is 24.3 Å². The summed E-state index contributed by atoms with van der Waals surface area (Å²) in [6, 6.07) is 0.623. The molecule has 4 N–H and O–H groups in total. The Labute approximate surface area is 191 Å². The summed E-state index contributed by atoms with van der Waals surface area (Å²) in [6.07, 6.45) is 3.41. The molecule has 2 aliphatic carbocycles. The second-order valence-corrected chi connectivity index (χ2v) is 8.60. The quantitative estimate of drug-likeness (QED) is 0.389. The number of carbonyl (C=O) groups excluding carboxylic acids is 1. The second kappa shape index (κ2) is 15.7. The van der Waals surface area contributed by atoms with E-state index in [-0.39, 0.29) is 27.0 Å². The number of halogens is 3. The van der Waals surface area contributed by atoms with Crippen molar-refractivity contribution >= 4 is 12.1 Å². The van der Waals surface area contributed by atoms with Crippen molar-refractivity contribution in [1.29, 1.82) is 0 Å². The lowest BCUT2D eigenvalue weighted by atomic mass is 9.92. The summed E-state index contributed by atoms with van der Waals surface area (Å²) in [5.74, 6) is -2.76. The van der Waals surface area contributed by atoms with Gasteiger partial charge in [-0.1, -0.05) is 39.2 Å². The molecule has 2 rings (SSSR count). The molecule has 0 aliphatic heterocycles. The van der Waals surface area contributed by atoms with E-state index in [9.17, 15) is 18.0 Å². The average Bonchev–Trinajstić information content (AvgIpc) is 2.53. The number of alkyl carbamates (subject to hydrolysis) is 1. The van der Waals surface area contributed by atoms with E-state index in [0.29, 0.717) is 6.04 Å². The number of hydrogen-bond donors (Lipinski definition) is 3. The highest BCUT2D eigenvalue weighted by Crippen LogP contribution is 2.22. The minimum Gasteiger partial charge on any atom is -0.475 e. The van der Waals surface area contributed by atoms with Gasteiger partial charge in [0, 0.05) is 12.1 Å². The van der Waals surface area contributed by atoms with Crippen LogP contribution in [0.1, 0.15) is 87.0 Å². The zero-order chi connectivity index (χ0) is 23.5. The van der Waals surface area contributed by atoms with Crippen molar-refractivity contribution in [2.45, 2.75) is 111 Å². The number of rotatable bonds is 1. The van der Waals surface area contributed by atoms with Gasteiger partial charge in [0.25, 0.3) is 0 Å². The number of hydrogen-bond acceptors (Lipinski definition) is 4. The van der Waals surface area contributed by atoms with Gasteiger partial charge in [0.1, 0.15) is 5.60 Å². The number of carboxylic acid groups (broad SMARTS) is 1. The van der Waals surface area contributed by atoms with E-state index in [4.69, 9.17) is 20.4 Å². The van der Waals surface area contributed by atoms with E-state index >= 15 is 0 Å². The summed E-state index contributed by atoms with van der Waals surface area (Å²) in [5, 5.41) is 10.0. The van der Waals surface area contributed by atoms with Gasteiger partial charge in [-0.05, 0) is 72.1 Å². The van der Waals surface area contributed by atoms with Gasteiger partial charge in [-0.3, -0.25) is 0 Å². The van der Waals surface area contributed by atoms with Crippen LogP contribution < -0.4 is 11.1 Å². The van der Waals surface area contributed by atoms with Gasteiger partial charge in [-0.2, -0.15) is 13.2 Å². The molecule has 2 aliphatic rings. The first-order valence-electron chi connectivity index (χ1n) is 9.98. The molecule has 0 aromatic heterocycles. The third-order valence-corrected chi connectivity index (χ3v) is 4.24. The molecule has 0 aromatic carbocycles. The van der Waals surface area contributed by atoms with E-state index in [1.807, 2.05) is 20.8 Å². The maximum absolute atomic E-state index is 11.5. The number of alkyl halides is 3. The lowest BCUT2D eigenvalue weighted by molar-refractivity contribution is -0.192. The number of ether oxygens (including phenoxy) is 1. The van der Waals surface area contributed by atoms with Crippen molar-refractivity contribution in [2.75, 3.05) is 0 Å². The normalized spacial score (nSPS) is 20.6. The lowest BCUT2D eigenvalue weighted by Gasteiger charge is -2.26. The standard InChI is InChI=1S/C12H21NO2.C7H13N.C2HF3O2.2CH4/c1-9-6-5-7-10(8-9)13-11(14)15-12(2,3)4;1-6-3-2-4-7(8)5-6;3-2(4,5)1(6)7;;/h10H,1,5-8H2,2-4H3,(H,13,14);7H,1-5,8H2;(H,6,7);2*1H4/t10-;7-;;;/m11.../s1. The largest absolute Gasteiger partial charge is 0.490 e. The third-order valence-electron chi connectivity index (χ3n) is 4.24. The van der Waals surface area contributed by atoms with Gasteiger partial charge in [0.2, 0.25) is 0 Å². The molecule has 32 heavy (non-hydrogen) atoms. The van der Waals surface area contributed by atoms with Crippen LogP contribution in [-0.2, 0) is 9.53 Å². The second-order valence-electron chi connectivity index (χ2n) is 8.60. The molecule has 0 heterocycles. The summed E-state index contributed by atoms with van der Waals surface area (Å²) < 4.78 is 36.9. The molecule has 1 amide bonds. The highest BCUT2D eigenvalue weighted by Gasteiger charge is 2.38. The van der Waals surface area contributed by atoms with Crippen LogP contribution in [0.5, 0.6) is 0 Å². The Bertz CT molecular complexity index is 599. The van der Waals surface area contributed by atoms with Crippen molar-refractivity contribution in [3.63, 3.8) is 0 Å². The topological polar surface area (TPSA) is 102 Å². The maximum atomic E-state index is 11.5. The van der Waals surface area contributed by atoms with Crippen molar-refractivity contribution < 1.29 is 32.6 Å². The first-order valence-corrected chi connectivity index (χ1v) is 9.98. The van der Waals surface area contributed by atoms with Crippen LogP contribution in [0.2, 0.25) is 0 Å². The van der Waals surface area contributed by atoms with E-state index in [2.05, 4.69) is 18.5 Å². The van der Waals surface area contributed by atoms with Gasteiger partial charge < -0.3 is 20.9 Å². The fourth-order valence-corrected chi connectivity index (χ4v) is 2.94. The number of nitrogens with two attached hydrogens (primary N) is 1. The Morgan fingerprint density at radius 2 is 1.47 bits per heavy atom. The first-order chi connectivity index (χ1) is 13.6. The Morgan fingerprint density at radius 3 is 1.78 bits per heavy atom. The summed E-state index contributed by atoms with van der Waals surface area (Å²) in [5.41, 5.74) is 7.80. The van der Waals surface area contributed by atoms with E-state index in [0.717, 1.165) is 32.1 Å². The van der Waals surface area contributed by atoms with E-state index in [1.54, 1.807) is 0 Å². The summed E-state index contributed by atoms with van der Waals surface area (Å²) in [4.78, 5) is 20.4. The van der Waals surface area contributed by atoms with Gasteiger partial charge >= 0.3 is 18.2 Å². The molecule has 190 valence electrons. The van der Waals surface area contributed by atoms with Crippen LogP contribution in [0.25, 0.3) is 0 Å². The minimum absolute atomic E-state index is 0. The monoisotopic (exact) mass is 468 g/mol. The highest BCUT2D eigenvalue weighted by molar-refractivity contribution is 5.73. The van der Waals surface area contributed by atoms with Gasteiger partial charge in [0.05, 0.1) is 0 Å². The summed E-state index contributed by atoms with van der Waals surface area (Å²) in [7, 11) is 0. The SMILES string of the molecule is C.C.C=C1CCC[C@@H](N)C1.C=C1CCC[C@@H](NC(=O)OC(C)(C)C)C1.O=C(O)C(F)(F)F. The number of nitrogens with one attached hydrogen (secondary N) is 1. The third kappa shape index (κ3) is 18.7. The Hall–Kier alpha value is -2.03. The Balaban J connectivity index is -0.000000422. The van der Waals surface area contributed by atoms with Crippen LogP contribution in [0.4, 0.5) is 18.0 Å². The van der Waals surface area contributed by atoms with Crippen molar-refractivity contribution in [3.8, 4) is 0 Å². The molecular formula is C23H43F3N2O4. The molecule has 0 saturated heterocycles. The summed E-state index contributed by atoms with van der Waals surface area (Å²) in [6.45, 7) is 13.4. The maximum Gasteiger partial charge on any atom is 0.490 e. The lowest BCUT2D eigenvalue weighted by Crippen LogP contribution is -2.40. The van der Waals surface area contributed by atoms with Gasteiger partial charge in [-0.15, -0.1) is 0 Å². The van der Waals surface area contributed by atoms with Gasteiger partial charge in [0.15, 0.2) is 0 Å². The number of amides is 1. The molecule has 0 radical (unpaired) electrons. The molecule has 0 spiro atoms. The molecule has 0 unspecified atom stereocenters. The molecular weight excluding hydrogens is 425 g/mol.